The van der Waals surface area contributed by atoms with Crippen LogP contribution < -0.4 is 0 Å². The molecule has 0 aromatic heterocycles. The molecule has 1 atom stereocenters. The second kappa shape index (κ2) is 7.35. The second-order valence-corrected chi connectivity index (χ2v) is 9.59. The first-order valence-corrected chi connectivity index (χ1v) is 10.7. The molecule has 0 aromatic rings. The van der Waals surface area contributed by atoms with Gasteiger partial charge in [0.05, 0.1) is 5.75 Å². The molecule has 1 saturated carbocycles. The fraction of sp³-hybridized carbons (Fsp3) is 1.00. The van der Waals surface area contributed by atoms with Crippen LogP contribution in [-0.4, -0.2) is 105 Å². The lowest BCUT2D eigenvalue weighted by molar-refractivity contribution is 0.0944. The van der Waals surface area contributed by atoms with E-state index in [2.05, 4.69) is 28.8 Å². The molecule has 2 aliphatic heterocycles. The van der Waals surface area contributed by atoms with Gasteiger partial charge in [-0.25, -0.2) is 8.42 Å². The summed E-state index contributed by atoms with van der Waals surface area (Å²) in [6.07, 6.45) is 4.49. The average Bonchev–Trinajstić information content (AvgIpc) is 3.12. The van der Waals surface area contributed by atoms with Gasteiger partial charge in [0.1, 0.15) is 0 Å². The van der Waals surface area contributed by atoms with Gasteiger partial charge in [-0.2, -0.15) is 4.31 Å². The first-order chi connectivity index (χ1) is 11.0. The zero-order valence-electron chi connectivity index (χ0n) is 14.7. The van der Waals surface area contributed by atoms with E-state index in [0.717, 1.165) is 58.7 Å². The Morgan fingerprint density at radius 1 is 1.00 bits per heavy atom. The Morgan fingerprint density at radius 3 is 2.26 bits per heavy atom. The van der Waals surface area contributed by atoms with Crippen molar-refractivity contribution in [1.82, 2.24) is 19.0 Å². The number of nitrogens with zero attached hydrogens (tertiary/aromatic N) is 4. The van der Waals surface area contributed by atoms with Crippen molar-refractivity contribution in [1.29, 1.82) is 0 Å². The molecule has 0 amide bonds. The van der Waals surface area contributed by atoms with E-state index in [1.54, 1.807) is 0 Å². The molecule has 0 aromatic carbocycles. The molecule has 6 nitrogen and oxygen atoms in total. The largest absolute Gasteiger partial charge is 0.308 e. The van der Waals surface area contributed by atoms with Crippen molar-refractivity contribution < 1.29 is 8.42 Å². The Balaban J connectivity index is 1.51. The molecule has 1 unspecified atom stereocenters. The summed E-state index contributed by atoms with van der Waals surface area (Å²) in [5, 5.41) is 0. The molecule has 134 valence electrons. The molecule has 3 rings (SSSR count). The van der Waals surface area contributed by atoms with Crippen LogP contribution in [0.5, 0.6) is 0 Å². The standard InChI is InChI=1S/C16H32N4O2S/c1-17(2)7-8-18-9-11-19(12-10-18)16-13-20(23(21,22)14-16)15-5-3-4-6-15/h15-16H,3-14H2,1-2H3. The fourth-order valence-electron chi connectivity index (χ4n) is 4.20. The van der Waals surface area contributed by atoms with E-state index < -0.39 is 10.0 Å². The third kappa shape index (κ3) is 4.25. The van der Waals surface area contributed by atoms with Gasteiger partial charge >= 0.3 is 0 Å². The molecule has 3 aliphatic rings. The van der Waals surface area contributed by atoms with Gasteiger partial charge in [0.2, 0.25) is 10.0 Å². The van der Waals surface area contributed by atoms with E-state index in [9.17, 15) is 8.42 Å². The predicted molar refractivity (Wildman–Crippen MR) is 93.1 cm³/mol. The van der Waals surface area contributed by atoms with Gasteiger partial charge in [-0.15, -0.1) is 0 Å². The summed E-state index contributed by atoms with van der Waals surface area (Å²) in [6.45, 7) is 7.07. The average molecular weight is 345 g/mol. The van der Waals surface area contributed by atoms with E-state index in [4.69, 9.17) is 0 Å². The van der Waals surface area contributed by atoms with Gasteiger partial charge in [-0.1, -0.05) is 12.8 Å². The smallest absolute Gasteiger partial charge is 0.216 e. The Morgan fingerprint density at radius 2 is 1.65 bits per heavy atom. The van der Waals surface area contributed by atoms with E-state index in [1.807, 2.05) is 4.31 Å². The van der Waals surface area contributed by atoms with Gasteiger partial charge in [-0.05, 0) is 26.9 Å². The van der Waals surface area contributed by atoms with Crippen molar-refractivity contribution in [2.45, 2.75) is 37.8 Å². The lowest BCUT2D eigenvalue weighted by atomic mass is 10.2. The SMILES string of the molecule is CN(C)CCN1CCN(C2CN(C3CCCC3)S(=O)(=O)C2)CC1. The molecule has 0 N–H and O–H groups in total. The Kier molecular flexibility index (Phi) is 5.63. The fourth-order valence-corrected chi connectivity index (χ4v) is 6.25. The predicted octanol–water partition coefficient (Wildman–Crippen LogP) is 0.122. The molecule has 0 spiro atoms. The number of piperazine rings is 1. The second-order valence-electron chi connectivity index (χ2n) is 7.62. The Hall–Kier alpha value is -0.210. The van der Waals surface area contributed by atoms with Crippen LogP contribution in [0, 0.1) is 0 Å². The van der Waals surface area contributed by atoms with Gasteiger partial charge < -0.3 is 4.90 Å². The summed E-state index contributed by atoms with van der Waals surface area (Å²) in [4.78, 5) is 7.13. The maximum absolute atomic E-state index is 12.5. The minimum Gasteiger partial charge on any atom is -0.308 e. The maximum atomic E-state index is 12.5. The highest BCUT2D eigenvalue weighted by Gasteiger charge is 2.43. The molecule has 3 fully saturated rings. The Bertz CT molecular complexity index is 482. The lowest BCUT2D eigenvalue weighted by Gasteiger charge is -2.38. The van der Waals surface area contributed by atoms with Crippen molar-refractivity contribution >= 4 is 10.0 Å². The van der Waals surface area contributed by atoms with E-state index in [0.29, 0.717) is 5.75 Å². The molecule has 0 radical (unpaired) electrons. The van der Waals surface area contributed by atoms with Crippen LogP contribution >= 0.6 is 0 Å². The van der Waals surface area contributed by atoms with Crippen LogP contribution in [0.3, 0.4) is 0 Å². The highest BCUT2D eigenvalue weighted by molar-refractivity contribution is 7.89. The number of likely N-dealkylation sites (N-methyl/N-ethyl adjacent to an activating group) is 1. The van der Waals surface area contributed by atoms with Crippen LogP contribution in [0.1, 0.15) is 25.7 Å². The topological polar surface area (TPSA) is 47.1 Å². The zero-order chi connectivity index (χ0) is 16.4. The number of hydrogen-bond acceptors (Lipinski definition) is 5. The molecule has 2 heterocycles. The van der Waals surface area contributed by atoms with Crippen molar-refractivity contribution in [2.24, 2.45) is 0 Å². The van der Waals surface area contributed by atoms with Crippen LogP contribution in [0.25, 0.3) is 0 Å². The van der Waals surface area contributed by atoms with Gasteiger partial charge in [0.25, 0.3) is 0 Å². The van der Waals surface area contributed by atoms with Gasteiger partial charge in [0, 0.05) is 57.9 Å². The van der Waals surface area contributed by atoms with Gasteiger partial charge in [0.15, 0.2) is 0 Å². The minimum absolute atomic E-state index is 0.205. The number of sulfonamides is 1. The monoisotopic (exact) mass is 344 g/mol. The minimum atomic E-state index is -3.03. The molecule has 1 aliphatic carbocycles. The van der Waals surface area contributed by atoms with E-state index in [-0.39, 0.29) is 12.1 Å². The summed E-state index contributed by atoms with van der Waals surface area (Å²) >= 11 is 0. The number of hydrogen-bond donors (Lipinski definition) is 0. The third-order valence-corrected chi connectivity index (χ3v) is 7.64. The zero-order valence-corrected chi connectivity index (χ0v) is 15.5. The summed E-state index contributed by atoms with van der Waals surface area (Å²) < 4.78 is 26.9. The van der Waals surface area contributed by atoms with Crippen LogP contribution in [0.2, 0.25) is 0 Å². The molecule has 23 heavy (non-hydrogen) atoms. The van der Waals surface area contributed by atoms with Crippen molar-refractivity contribution in [3.8, 4) is 0 Å². The first kappa shape index (κ1) is 17.6. The number of rotatable bonds is 5. The Labute approximate surface area is 141 Å². The quantitative estimate of drug-likeness (QED) is 0.709. The van der Waals surface area contributed by atoms with Gasteiger partial charge in [-0.3, -0.25) is 9.80 Å². The lowest BCUT2D eigenvalue weighted by Crippen LogP contribution is -2.52. The molecule has 2 saturated heterocycles. The van der Waals surface area contributed by atoms with Crippen LogP contribution in [0.15, 0.2) is 0 Å². The van der Waals surface area contributed by atoms with Crippen LogP contribution in [-0.2, 0) is 10.0 Å². The third-order valence-electron chi connectivity index (χ3n) is 5.67. The van der Waals surface area contributed by atoms with Crippen molar-refractivity contribution in [3.05, 3.63) is 0 Å². The highest BCUT2D eigenvalue weighted by Crippen LogP contribution is 2.30. The van der Waals surface area contributed by atoms with Crippen molar-refractivity contribution in [3.63, 3.8) is 0 Å². The van der Waals surface area contributed by atoms with E-state index in [1.165, 1.54) is 12.8 Å². The molecule has 0 bridgehead atoms. The molecular formula is C16H32N4O2S. The molecule has 7 heteroatoms. The summed E-state index contributed by atoms with van der Waals surface area (Å²) in [5.41, 5.74) is 0. The maximum Gasteiger partial charge on any atom is 0.216 e. The highest BCUT2D eigenvalue weighted by atomic mass is 32.2. The first-order valence-electron chi connectivity index (χ1n) is 9.06. The normalized spacial score (nSPS) is 31.3. The molecular weight excluding hydrogens is 312 g/mol. The summed E-state index contributed by atoms with van der Waals surface area (Å²) in [7, 11) is 1.18. The van der Waals surface area contributed by atoms with Crippen LogP contribution in [0.4, 0.5) is 0 Å². The summed E-state index contributed by atoms with van der Waals surface area (Å²) in [6, 6.07) is 0.489. The van der Waals surface area contributed by atoms with Crippen molar-refractivity contribution in [2.75, 3.05) is 65.7 Å². The van der Waals surface area contributed by atoms with E-state index >= 15 is 0 Å². The summed E-state index contributed by atoms with van der Waals surface area (Å²) in [5.74, 6) is 0.335.